The normalized spacial score (nSPS) is 19.0. The summed E-state index contributed by atoms with van der Waals surface area (Å²) in [6.45, 7) is 2.18. The highest BCUT2D eigenvalue weighted by molar-refractivity contribution is 5.72. The molecule has 0 atom stereocenters. The summed E-state index contributed by atoms with van der Waals surface area (Å²) in [5, 5.41) is 7.30. The first kappa shape index (κ1) is 21.9. The van der Waals surface area contributed by atoms with Gasteiger partial charge in [-0.3, -0.25) is 4.79 Å². The second kappa shape index (κ2) is 9.05. The highest BCUT2D eigenvalue weighted by Gasteiger charge is 2.30. The first-order valence-corrected chi connectivity index (χ1v) is 10.5. The molecule has 1 N–H and O–H groups in total. The van der Waals surface area contributed by atoms with E-state index < -0.39 is 11.7 Å². The Morgan fingerprint density at radius 2 is 1.84 bits per heavy atom. The molecule has 0 saturated heterocycles. The maximum atomic E-state index is 12.7. The Balaban J connectivity index is 1.43. The van der Waals surface area contributed by atoms with E-state index >= 15 is 0 Å². The van der Waals surface area contributed by atoms with E-state index in [2.05, 4.69) is 15.4 Å². The van der Waals surface area contributed by atoms with E-state index in [1.165, 1.54) is 12.1 Å². The number of hydrogen-bond acceptors (Lipinski definition) is 6. The monoisotopic (exact) mass is 448 g/mol. The third-order valence-corrected chi connectivity index (χ3v) is 5.37. The molecule has 1 aliphatic carbocycles. The molecule has 170 valence electrons. The molecule has 3 aromatic rings. The number of aromatic nitrogens is 3. The van der Waals surface area contributed by atoms with Crippen LogP contribution in [0.1, 0.15) is 38.2 Å². The molecule has 1 aromatic carbocycles. The number of nitrogens with zero attached hydrogens (tertiary/aromatic N) is 3. The van der Waals surface area contributed by atoms with Crippen LogP contribution in [0.15, 0.2) is 42.5 Å². The highest BCUT2D eigenvalue weighted by atomic mass is 19.4. The van der Waals surface area contributed by atoms with Crippen LogP contribution in [0.4, 0.5) is 24.8 Å². The number of nitrogens with one attached hydrogen (secondary N) is 1. The number of ether oxygens (including phenoxy) is 2. The first-order chi connectivity index (χ1) is 15.3. The van der Waals surface area contributed by atoms with E-state index in [4.69, 9.17) is 9.47 Å². The number of hydrogen-bond donors (Lipinski definition) is 1. The van der Waals surface area contributed by atoms with Crippen LogP contribution < -0.4 is 10.1 Å². The quantitative estimate of drug-likeness (QED) is 0.535. The average Bonchev–Trinajstić information content (AvgIpc) is 3.18. The van der Waals surface area contributed by atoms with Crippen molar-refractivity contribution in [2.75, 3.05) is 11.9 Å². The zero-order valence-corrected chi connectivity index (χ0v) is 17.4. The molecule has 1 aliphatic rings. The summed E-state index contributed by atoms with van der Waals surface area (Å²) in [4.78, 5) is 16.3. The summed E-state index contributed by atoms with van der Waals surface area (Å²) >= 11 is 0. The lowest BCUT2D eigenvalue weighted by Crippen LogP contribution is -2.29. The Kier molecular flexibility index (Phi) is 6.20. The predicted molar refractivity (Wildman–Crippen MR) is 111 cm³/mol. The molecule has 1 saturated carbocycles. The lowest BCUT2D eigenvalue weighted by Gasteiger charge is -2.27. The smallest absolute Gasteiger partial charge is 0.416 e. The van der Waals surface area contributed by atoms with Crippen LogP contribution in [-0.2, 0) is 15.7 Å². The Morgan fingerprint density at radius 1 is 1.12 bits per heavy atom. The number of anilines is 2. The number of halogens is 3. The van der Waals surface area contributed by atoms with Crippen molar-refractivity contribution in [1.82, 2.24) is 14.6 Å². The number of rotatable bonds is 6. The first-order valence-electron chi connectivity index (χ1n) is 10.5. The number of fused-ring (bicyclic) bond motifs is 1. The third-order valence-electron chi connectivity index (χ3n) is 5.37. The van der Waals surface area contributed by atoms with Gasteiger partial charge in [0.15, 0.2) is 5.65 Å². The zero-order chi connectivity index (χ0) is 22.7. The maximum Gasteiger partial charge on any atom is 0.416 e. The number of pyridine rings is 1. The molecule has 0 aliphatic heterocycles. The van der Waals surface area contributed by atoms with E-state index in [1.807, 2.05) is 0 Å². The molecule has 0 spiro atoms. The van der Waals surface area contributed by atoms with Gasteiger partial charge in [-0.05, 0) is 62.9 Å². The summed E-state index contributed by atoms with van der Waals surface area (Å²) in [5.41, 5.74) is 0.255. The summed E-state index contributed by atoms with van der Waals surface area (Å²) in [7, 11) is 0. The van der Waals surface area contributed by atoms with Gasteiger partial charge in [-0.25, -0.2) is 0 Å². The number of carbonyl (C=O) groups is 1. The number of esters is 1. The van der Waals surface area contributed by atoms with Gasteiger partial charge in [0.25, 0.3) is 0 Å². The van der Waals surface area contributed by atoms with Gasteiger partial charge in [-0.1, -0.05) is 6.07 Å². The minimum absolute atomic E-state index is 0.0539. The summed E-state index contributed by atoms with van der Waals surface area (Å²) < 4.78 is 51.0. The van der Waals surface area contributed by atoms with Crippen molar-refractivity contribution in [3.05, 3.63) is 48.0 Å². The van der Waals surface area contributed by atoms with Gasteiger partial charge in [0, 0.05) is 11.8 Å². The largest absolute Gasteiger partial charge is 0.474 e. The number of carbonyl (C=O) groups excluding carboxylic acids is 1. The molecular weight excluding hydrogens is 425 g/mol. The zero-order valence-electron chi connectivity index (χ0n) is 17.4. The third kappa shape index (κ3) is 4.95. The fourth-order valence-corrected chi connectivity index (χ4v) is 3.74. The van der Waals surface area contributed by atoms with Gasteiger partial charge in [0.2, 0.25) is 11.8 Å². The van der Waals surface area contributed by atoms with Crippen LogP contribution in [0, 0.1) is 5.92 Å². The Labute approximate surface area is 182 Å². The van der Waals surface area contributed by atoms with Crippen molar-refractivity contribution in [3.63, 3.8) is 0 Å². The van der Waals surface area contributed by atoms with Crippen molar-refractivity contribution in [2.24, 2.45) is 5.92 Å². The molecular formula is C22H23F3N4O3. The van der Waals surface area contributed by atoms with Crippen molar-refractivity contribution in [3.8, 4) is 5.88 Å². The van der Waals surface area contributed by atoms with E-state index in [1.54, 1.807) is 29.6 Å². The van der Waals surface area contributed by atoms with Crippen LogP contribution in [-0.4, -0.2) is 33.3 Å². The van der Waals surface area contributed by atoms with Crippen molar-refractivity contribution >= 4 is 23.3 Å². The lowest BCUT2D eigenvalue weighted by atomic mass is 9.87. The number of alkyl halides is 3. The number of benzene rings is 1. The van der Waals surface area contributed by atoms with E-state index in [-0.39, 0.29) is 23.9 Å². The Morgan fingerprint density at radius 3 is 2.50 bits per heavy atom. The fourth-order valence-electron chi connectivity index (χ4n) is 3.74. The van der Waals surface area contributed by atoms with Crippen LogP contribution in [0.5, 0.6) is 5.88 Å². The van der Waals surface area contributed by atoms with Gasteiger partial charge < -0.3 is 14.8 Å². The second-order valence-electron chi connectivity index (χ2n) is 7.61. The van der Waals surface area contributed by atoms with Gasteiger partial charge in [-0.15, -0.1) is 5.10 Å². The van der Waals surface area contributed by atoms with Crippen LogP contribution >= 0.6 is 0 Å². The van der Waals surface area contributed by atoms with Crippen molar-refractivity contribution in [1.29, 1.82) is 0 Å². The molecule has 2 heterocycles. The van der Waals surface area contributed by atoms with E-state index in [0.717, 1.165) is 25.0 Å². The Hall–Kier alpha value is -3.30. The van der Waals surface area contributed by atoms with Gasteiger partial charge in [0.05, 0.1) is 18.1 Å². The van der Waals surface area contributed by atoms with Crippen molar-refractivity contribution in [2.45, 2.75) is 44.9 Å². The molecule has 1 fully saturated rings. The van der Waals surface area contributed by atoms with E-state index in [9.17, 15) is 18.0 Å². The van der Waals surface area contributed by atoms with Gasteiger partial charge in [0.1, 0.15) is 6.10 Å². The average molecular weight is 448 g/mol. The SMILES string of the molecule is CCOC(=O)C1CCC(Oc2cccc3nc(Nc4ccc(C(F)(F)F)cc4)nn23)CC1. The molecule has 0 radical (unpaired) electrons. The van der Waals surface area contributed by atoms with Gasteiger partial charge >= 0.3 is 12.1 Å². The topological polar surface area (TPSA) is 77.8 Å². The summed E-state index contributed by atoms with van der Waals surface area (Å²) in [6.07, 6.45) is -1.57. The molecule has 0 bridgehead atoms. The molecule has 4 rings (SSSR count). The second-order valence-corrected chi connectivity index (χ2v) is 7.61. The molecule has 0 amide bonds. The highest BCUT2D eigenvalue weighted by Crippen LogP contribution is 2.31. The lowest BCUT2D eigenvalue weighted by molar-refractivity contribution is -0.149. The van der Waals surface area contributed by atoms with Crippen LogP contribution in [0.2, 0.25) is 0 Å². The maximum absolute atomic E-state index is 12.7. The van der Waals surface area contributed by atoms with Crippen molar-refractivity contribution < 1.29 is 27.4 Å². The summed E-state index contributed by atoms with van der Waals surface area (Å²) in [6, 6.07) is 9.99. The Bertz CT molecular complexity index is 1070. The molecule has 0 unspecified atom stereocenters. The van der Waals surface area contributed by atoms with Gasteiger partial charge in [-0.2, -0.15) is 22.7 Å². The predicted octanol–water partition coefficient (Wildman–Crippen LogP) is 4.99. The molecule has 32 heavy (non-hydrogen) atoms. The molecule has 10 heteroatoms. The van der Waals surface area contributed by atoms with Crippen LogP contribution in [0.3, 0.4) is 0 Å². The molecule has 2 aromatic heterocycles. The summed E-state index contributed by atoms with van der Waals surface area (Å²) in [5.74, 6) is 0.515. The minimum Gasteiger partial charge on any atom is -0.474 e. The molecule has 7 nitrogen and oxygen atoms in total. The fraction of sp³-hybridized carbons (Fsp3) is 0.409. The van der Waals surface area contributed by atoms with E-state index in [0.29, 0.717) is 36.7 Å². The van der Waals surface area contributed by atoms with Crippen LogP contribution in [0.25, 0.3) is 5.65 Å². The minimum atomic E-state index is -4.39. The standard InChI is InChI=1S/C22H23F3N4O3/c1-2-31-20(30)14-6-12-17(13-7-14)32-19-5-3-4-18-27-21(28-29(18)19)26-16-10-8-15(9-11-16)22(23,24)25/h3-5,8-11,14,17H,2,6-7,12-13H2,1H3,(H,26,28).